The Morgan fingerprint density at radius 2 is 2.00 bits per heavy atom. The Labute approximate surface area is 139 Å². The van der Waals surface area contributed by atoms with Crippen LogP contribution < -0.4 is 10.5 Å². The Bertz CT molecular complexity index is 719. The number of thioether (sulfide) groups is 1. The van der Waals surface area contributed by atoms with Gasteiger partial charge in [-0.3, -0.25) is 0 Å². The van der Waals surface area contributed by atoms with Gasteiger partial charge in [0.25, 0.3) is 5.97 Å². The molecule has 0 spiro atoms. The summed E-state index contributed by atoms with van der Waals surface area (Å²) >= 11 is 0.440. The summed E-state index contributed by atoms with van der Waals surface area (Å²) in [6.45, 7) is 5.56. The van der Waals surface area contributed by atoms with Gasteiger partial charge in [0.05, 0.1) is 11.8 Å². The normalized spacial score (nSPS) is 25.5. The Kier molecular flexibility index (Phi) is 6.08. The molecule has 2 unspecified atom stereocenters. The first-order valence-corrected chi connectivity index (χ1v) is 10.3. The third-order valence-electron chi connectivity index (χ3n) is 3.31. The van der Waals surface area contributed by atoms with Crippen molar-refractivity contribution in [2.45, 2.75) is 37.5 Å². The molecule has 0 fully saturated rings. The summed E-state index contributed by atoms with van der Waals surface area (Å²) in [5.74, 6) is -2.95. The predicted molar refractivity (Wildman–Crippen MR) is 86.7 cm³/mol. The Hall–Kier alpha value is -0.470. The molecular weight excluding hydrogens is 368 g/mol. The molecule has 0 bridgehead atoms. The molecule has 134 valence electrons. The number of nitrogens with one attached hydrogen (secondary N) is 1. The maximum atomic E-state index is 12.4. The quantitative estimate of drug-likeness (QED) is 0.340. The van der Waals surface area contributed by atoms with Crippen LogP contribution in [0.3, 0.4) is 0 Å². The fourth-order valence-electron chi connectivity index (χ4n) is 1.98. The van der Waals surface area contributed by atoms with Crippen molar-refractivity contribution in [1.29, 1.82) is 0 Å². The van der Waals surface area contributed by atoms with Crippen molar-refractivity contribution in [1.82, 2.24) is 5.32 Å². The topological polar surface area (TPSA) is 167 Å². The highest BCUT2D eigenvalue weighted by atomic mass is 32.3. The molecule has 9 nitrogen and oxygen atoms in total. The number of nitrogens with two attached hydrogens (primary N) is 1. The number of sulfonamides is 1. The van der Waals surface area contributed by atoms with Gasteiger partial charge in [-0.2, -0.15) is 0 Å². The molecule has 0 saturated carbocycles. The SMILES string of the molecule is C=C(SC1=C(C)C(NCC(O)(O)O)CC(C)S1(=O)=O)S(N)(=O)=O. The van der Waals surface area contributed by atoms with Crippen LogP contribution in [0, 0.1) is 0 Å². The van der Waals surface area contributed by atoms with Crippen LogP contribution >= 0.6 is 11.8 Å². The molecule has 1 aliphatic rings. The Morgan fingerprint density at radius 1 is 1.48 bits per heavy atom. The molecule has 12 heteroatoms. The van der Waals surface area contributed by atoms with Crippen LogP contribution in [-0.4, -0.2) is 56.0 Å². The molecule has 0 radical (unpaired) electrons. The van der Waals surface area contributed by atoms with E-state index in [1.807, 2.05) is 0 Å². The zero-order valence-electron chi connectivity index (χ0n) is 12.6. The number of sulfone groups is 1. The summed E-state index contributed by atoms with van der Waals surface area (Å²) < 4.78 is 46.6. The van der Waals surface area contributed by atoms with Gasteiger partial charge < -0.3 is 20.6 Å². The van der Waals surface area contributed by atoms with Crippen LogP contribution in [0.5, 0.6) is 0 Å². The third-order valence-corrected chi connectivity index (χ3v) is 8.66. The van der Waals surface area contributed by atoms with Gasteiger partial charge in [-0.15, -0.1) is 0 Å². The molecule has 6 N–H and O–H groups in total. The second kappa shape index (κ2) is 6.80. The molecule has 1 heterocycles. The summed E-state index contributed by atoms with van der Waals surface area (Å²) in [6, 6.07) is -0.602. The second-order valence-corrected chi connectivity index (χ2v) is 10.8. The third kappa shape index (κ3) is 5.26. The highest BCUT2D eigenvalue weighted by molar-refractivity contribution is 8.27. The van der Waals surface area contributed by atoms with Gasteiger partial charge in [0, 0.05) is 6.04 Å². The maximum absolute atomic E-state index is 12.4. The summed E-state index contributed by atoms with van der Waals surface area (Å²) in [5.41, 5.74) is 0.280. The summed E-state index contributed by atoms with van der Waals surface area (Å²) in [6.07, 6.45) is 0.121. The summed E-state index contributed by atoms with van der Waals surface area (Å²) in [4.78, 5) is 0. The number of hydrogen-bond donors (Lipinski definition) is 5. The van der Waals surface area contributed by atoms with E-state index in [9.17, 15) is 16.8 Å². The van der Waals surface area contributed by atoms with Crippen molar-refractivity contribution in [2.75, 3.05) is 6.54 Å². The molecule has 1 aliphatic heterocycles. The first-order chi connectivity index (χ1) is 10.2. The van der Waals surface area contributed by atoms with Crippen molar-refractivity contribution >= 4 is 31.6 Å². The van der Waals surface area contributed by atoms with E-state index in [4.69, 9.17) is 20.5 Å². The van der Waals surface area contributed by atoms with Crippen LogP contribution in [0.1, 0.15) is 20.3 Å². The van der Waals surface area contributed by atoms with Crippen LogP contribution in [0.2, 0.25) is 0 Å². The van der Waals surface area contributed by atoms with E-state index in [1.54, 1.807) is 0 Å². The van der Waals surface area contributed by atoms with Crippen molar-refractivity contribution in [3.05, 3.63) is 20.6 Å². The summed E-state index contributed by atoms with van der Waals surface area (Å²) in [7, 11) is -7.88. The number of rotatable bonds is 6. The van der Waals surface area contributed by atoms with E-state index < -0.39 is 47.9 Å². The van der Waals surface area contributed by atoms with E-state index in [0.29, 0.717) is 11.8 Å². The van der Waals surface area contributed by atoms with E-state index >= 15 is 0 Å². The summed E-state index contributed by atoms with van der Waals surface area (Å²) in [5, 5.41) is 33.5. The number of primary sulfonamides is 1. The van der Waals surface area contributed by atoms with Gasteiger partial charge in [-0.25, -0.2) is 22.0 Å². The molecule has 0 saturated heterocycles. The first kappa shape index (κ1) is 20.6. The average Bonchev–Trinajstić information content (AvgIpc) is 2.35. The molecule has 2 atom stereocenters. The maximum Gasteiger partial charge on any atom is 0.288 e. The number of aliphatic hydroxyl groups is 3. The van der Waals surface area contributed by atoms with E-state index in [-0.39, 0.29) is 16.2 Å². The van der Waals surface area contributed by atoms with Crippen molar-refractivity contribution < 1.29 is 32.2 Å². The van der Waals surface area contributed by atoms with Crippen LogP contribution in [-0.2, 0) is 19.9 Å². The van der Waals surface area contributed by atoms with E-state index in [0.717, 1.165) is 0 Å². The minimum Gasteiger partial charge on any atom is -0.343 e. The average molecular weight is 388 g/mol. The monoisotopic (exact) mass is 388 g/mol. The van der Waals surface area contributed by atoms with Gasteiger partial charge in [-0.1, -0.05) is 18.3 Å². The van der Waals surface area contributed by atoms with Gasteiger partial charge in [-0.05, 0) is 25.8 Å². The minimum absolute atomic E-state index is 0.121. The molecule has 0 aliphatic carbocycles. The smallest absolute Gasteiger partial charge is 0.288 e. The van der Waals surface area contributed by atoms with Crippen LogP contribution in [0.15, 0.2) is 20.6 Å². The lowest BCUT2D eigenvalue weighted by molar-refractivity contribution is -0.306. The zero-order valence-corrected chi connectivity index (χ0v) is 15.0. The lowest BCUT2D eigenvalue weighted by Gasteiger charge is -2.32. The van der Waals surface area contributed by atoms with Crippen molar-refractivity contribution in [2.24, 2.45) is 5.14 Å². The minimum atomic E-state index is -4.12. The van der Waals surface area contributed by atoms with Gasteiger partial charge in [0.2, 0.25) is 10.0 Å². The van der Waals surface area contributed by atoms with Gasteiger partial charge in [0.1, 0.15) is 8.47 Å². The largest absolute Gasteiger partial charge is 0.343 e. The predicted octanol–water partition coefficient (Wildman–Crippen LogP) is -1.49. The second-order valence-electron chi connectivity index (χ2n) is 5.29. The zero-order chi connectivity index (χ0) is 18.2. The standard InChI is InChI=1S/C11H20N2O7S3/c1-6-4-9(13-5-11(14,15)16)7(2)10(22(6,17)18)21-8(3)23(12,19)20/h6,9,13-16H,3-5H2,1-2H3,(H2,12,19,20). The Morgan fingerprint density at radius 3 is 2.43 bits per heavy atom. The van der Waals surface area contributed by atoms with Crippen molar-refractivity contribution in [3.63, 3.8) is 0 Å². The molecular formula is C11H20N2O7S3. The van der Waals surface area contributed by atoms with Crippen molar-refractivity contribution in [3.8, 4) is 0 Å². The molecule has 1 rings (SSSR count). The Balaban J connectivity index is 3.20. The highest BCUT2D eigenvalue weighted by Crippen LogP contribution is 2.40. The highest BCUT2D eigenvalue weighted by Gasteiger charge is 2.38. The van der Waals surface area contributed by atoms with Gasteiger partial charge in [0.15, 0.2) is 9.84 Å². The molecule has 0 amide bonds. The lowest BCUT2D eigenvalue weighted by Crippen LogP contribution is -2.48. The lowest BCUT2D eigenvalue weighted by atomic mass is 10.0. The van der Waals surface area contributed by atoms with Crippen LogP contribution in [0.4, 0.5) is 0 Å². The fraction of sp³-hybridized carbons (Fsp3) is 0.636. The number of hydrogen-bond acceptors (Lipinski definition) is 9. The first-order valence-electron chi connectivity index (χ1n) is 6.41. The van der Waals surface area contributed by atoms with Gasteiger partial charge >= 0.3 is 0 Å². The molecule has 0 aromatic heterocycles. The van der Waals surface area contributed by atoms with E-state index in [1.165, 1.54) is 13.8 Å². The molecule has 0 aromatic rings. The van der Waals surface area contributed by atoms with E-state index in [2.05, 4.69) is 11.9 Å². The molecule has 0 aromatic carbocycles. The van der Waals surface area contributed by atoms with Crippen LogP contribution in [0.25, 0.3) is 0 Å². The molecule has 23 heavy (non-hydrogen) atoms. The fourth-order valence-corrected chi connectivity index (χ4v) is 6.03.